The number of amides is 1. The number of carbonyl (C=O) groups is 1. The molecule has 1 atom stereocenters. The second-order valence-electron chi connectivity index (χ2n) is 5.88. The fraction of sp³-hybridized carbons (Fsp3) is 0.316. The van der Waals surface area contributed by atoms with E-state index in [2.05, 4.69) is 5.32 Å². The van der Waals surface area contributed by atoms with Crippen LogP contribution in [0.4, 0.5) is 14.5 Å². The molecule has 138 valence electrons. The smallest absolute Gasteiger partial charge is 0.288 e. The number of benzene rings is 2. The van der Waals surface area contributed by atoms with Gasteiger partial charge in [0.2, 0.25) is 0 Å². The summed E-state index contributed by atoms with van der Waals surface area (Å²) in [7, 11) is 0. The van der Waals surface area contributed by atoms with Gasteiger partial charge in [-0.3, -0.25) is 4.79 Å². The monoisotopic (exact) mass is 379 g/mol. The summed E-state index contributed by atoms with van der Waals surface area (Å²) in [5.74, 6) is -1.51. The third-order valence-corrected chi connectivity index (χ3v) is 4.61. The van der Waals surface area contributed by atoms with E-state index in [0.29, 0.717) is 40.3 Å². The predicted molar refractivity (Wildman–Crippen MR) is 97.7 cm³/mol. The lowest BCUT2D eigenvalue weighted by atomic mass is 10.1. The molecule has 1 amide bonds. The molecule has 0 fully saturated rings. The summed E-state index contributed by atoms with van der Waals surface area (Å²) in [5, 5.41) is 2.82. The van der Waals surface area contributed by atoms with E-state index in [4.69, 9.17) is 9.47 Å². The van der Waals surface area contributed by atoms with Crippen molar-refractivity contribution in [3.8, 4) is 11.5 Å². The molecule has 1 aliphatic heterocycles. The fourth-order valence-electron chi connectivity index (χ4n) is 2.79. The number of fused-ring (bicyclic) bond motifs is 1. The molecule has 0 aliphatic carbocycles. The van der Waals surface area contributed by atoms with Crippen LogP contribution < -0.4 is 14.8 Å². The van der Waals surface area contributed by atoms with Crippen LogP contribution in [0, 0.1) is 0 Å². The van der Waals surface area contributed by atoms with Crippen LogP contribution >= 0.6 is 11.8 Å². The van der Waals surface area contributed by atoms with E-state index in [1.165, 1.54) is 24.3 Å². The first-order chi connectivity index (χ1) is 12.5. The highest BCUT2D eigenvalue weighted by Gasteiger charge is 2.22. The van der Waals surface area contributed by atoms with Crippen molar-refractivity contribution in [2.75, 3.05) is 11.9 Å². The minimum atomic E-state index is -2.49. The van der Waals surface area contributed by atoms with Crippen molar-refractivity contribution in [3.05, 3.63) is 47.5 Å². The Balaban J connectivity index is 1.79. The number of nitrogens with one attached hydrogen (secondary N) is 1. The Morgan fingerprint density at radius 2 is 2.08 bits per heavy atom. The molecule has 4 nitrogen and oxygen atoms in total. The van der Waals surface area contributed by atoms with E-state index >= 15 is 0 Å². The van der Waals surface area contributed by atoms with Gasteiger partial charge in [-0.15, -0.1) is 0 Å². The van der Waals surface area contributed by atoms with Gasteiger partial charge in [0.15, 0.2) is 0 Å². The average molecular weight is 379 g/mol. The van der Waals surface area contributed by atoms with Gasteiger partial charge >= 0.3 is 0 Å². The van der Waals surface area contributed by atoms with Gasteiger partial charge in [-0.25, -0.2) is 0 Å². The average Bonchev–Trinajstić information content (AvgIpc) is 2.94. The summed E-state index contributed by atoms with van der Waals surface area (Å²) in [6.07, 6.45) is 0.887. The van der Waals surface area contributed by atoms with Gasteiger partial charge in [0.05, 0.1) is 12.3 Å². The number of rotatable bonds is 6. The number of hydrogen-bond acceptors (Lipinski definition) is 4. The third-order valence-electron chi connectivity index (χ3n) is 3.89. The summed E-state index contributed by atoms with van der Waals surface area (Å²) < 4.78 is 36.1. The molecule has 2 aromatic carbocycles. The Hall–Kier alpha value is -2.28. The first-order valence-corrected chi connectivity index (χ1v) is 9.16. The molecular formula is C19H19F2NO3S. The van der Waals surface area contributed by atoms with Gasteiger partial charge in [-0.2, -0.15) is 8.78 Å². The number of thioether (sulfide) groups is 1. The zero-order valence-electron chi connectivity index (χ0n) is 14.4. The van der Waals surface area contributed by atoms with Crippen LogP contribution in [-0.2, 0) is 6.42 Å². The fourth-order valence-corrected chi connectivity index (χ4v) is 3.29. The van der Waals surface area contributed by atoms with Gasteiger partial charge < -0.3 is 14.8 Å². The minimum absolute atomic E-state index is 0.0882. The molecular weight excluding hydrogens is 360 g/mol. The van der Waals surface area contributed by atoms with Crippen molar-refractivity contribution in [3.63, 3.8) is 0 Å². The maximum Gasteiger partial charge on any atom is 0.288 e. The summed E-state index contributed by atoms with van der Waals surface area (Å²) in [6, 6.07) is 9.70. The van der Waals surface area contributed by atoms with Crippen molar-refractivity contribution in [1.29, 1.82) is 0 Å². The normalized spacial score (nSPS) is 15.5. The van der Waals surface area contributed by atoms with E-state index in [-0.39, 0.29) is 12.0 Å². The highest BCUT2D eigenvalue weighted by Crippen LogP contribution is 2.38. The van der Waals surface area contributed by atoms with Gasteiger partial charge in [0, 0.05) is 28.5 Å². The Morgan fingerprint density at radius 1 is 1.35 bits per heavy atom. The number of carbonyl (C=O) groups excluding carboxylic acids is 1. The Bertz CT molecular complexity index is 796. The lowest BCUT2D eigenvalue weighted by Gasteiger charge is -2.14. The van der Waals surface area contributed by atoms with E-state index in [1.807, 2.05) is 19.9 Å². The van der Waals surface area contributed by atoms with E-state index < -0.39 is 5.76 Å². The van der Waals surface area contributed by atoms with E-state index in [0.717, 1.165) is 17.7 Å². The van der Waals surface area contributed by atoms with Gasteiger partial charge in [-0.05, 0) is 44.2 Å². The van der Waals surface area contributed by atoms with Crippen molar-refractivity contribution < 1.29 is 23.0 Å². The molecule has 3 rings (SSSR count). The number of hydrogen-bond donors (Lipinski definition) is 1. The van der Waals surface area contributed by atoms with E-state index in [9.17, 15) is 13.6 Å². The zero-order chi connectivity index (χ0) is 18.7. The maximum absolute atomic E-state index is 12.5. The number of ether oxygens (including phenoxy) is 2. The number of halogens is 2. The summed E-state index contributed by atoms with van der Waals surface area (Å²) in [4.78, 5) is 12.9. The lowest BCUT2D eigenvalue weighted by molar-refractivity contribution is 0.102. The molecule has 0 bridgehead atoms. The summed E-state index contributed by atoms with van der Waals surface area (Å²) in [6.45, 7) is 4.33. The van der Waals surface area contributed by atoms with Crippen LogP contribution in [0.15, 0.2) is 41.3 Å². The second kappa shape index (κ2) is 7.95. The number of anilines is 1. The van der Waals surface area contributed by atoms with Crippen LogP contribution in [0.2, 0.25) is 0 Å². The molecule has 0 spiro atoms. The standard InChI is InChI=1S/C19H19F2NO3S/c1-3-24-17-9-13-8-11(2)25-16(13)10-15(17)22-18(23)12-4-6-14(7-5-12)26-19(20)21/h4-7,9-11,19H,3,8H2,1-2H3,(H,22,23). The van der Waals surface area contributed by atoms with Crippen LogP contribution in [0.1, 0.15) is 29.8 Å². The molecule has 1 N–H and O–H groups in total. The van der Waals surface area contributed by atoms with Gasteiger partial charge in [0.1, 0.15) is 17.6 Å². The largest absolute Gasteiger partial charge is 0.492 e. The van der Waals surface area contributed by atoms with Crippen molar-refractivity contribution in [2.24, 2.45) is 0 Å². The highest BCUT2D eigenvalue weighted by atomic mass is 32.2. The van der Waals surface area contributed by atoms with Gasteiger partial charge in [-0.1, -0.05) is 11.8 Å². The Kier molecular flexibility index (Phi) is 5.66. The predicted octanol–water partition coefficient (Wildman–Crippen LogP) is 4.98. The molecule has 1 heterocycles. The molecule has 0 saturated heterocycles. The summed E-state index contributed by atoms with van der Waals surface area (Å²) in [5.41, 5.74) is 1.95. The first kappa shape index (κ1) is 18.5. The van der Waals surface area contributed by atoms with Crippen molar-refractivity contribution in [2.45, 2.75) is 37.0 Å². The Labute approximate surface area is 154 Å². The SMILES string of the molecule is CCOc1cc2c(cc1NC(=O)c1ccc(SC(F)F)cc1)OC(C)C2. The maximum atomic E-state index is 12.5. The van der Waals surface area contributed by atoms with Crippen molar-refractivity contribution in [1.82, 2.24) is 0 Å². The summed E-state index contributed by atoms with van der Waals surface area (Å²) >= 11 is 0.444. The highest BCUT2D eigenvalue weighted by molar-refractivity contribution is 7.99. The van der Waals surface area contributed by atoms with Crippen molar-refractivity contribution >= 4 is 23.4 Å². The van der Waals surface area contributed by atoms with E-state index in [1.54, 1.807) is 6.07 Å². The first-order valence-electron chi connectivity index (χ1n) is 8.29. The van der Waals surface area contributed by atoms with Crippen LogP contribution in [0.5, 0.6) is 11.5 Å². The molecule has 1 unspecified atom stereocenters. The minimum Gasteiger partial charge on any atom is -0.492 e. The molecule has 2 aromatic rings. The second-order valence-corrected chi connectivity index (χ2v) is 6.94. The third kappa shape index (κ3) is 4.27. The Morgan fingerprint density at radius 3 is 2.73 bits per heavy atom. The molecule has 0 saturated carbocycles. The molecule has 0 aromatic heterocycles. The molecule has 0 radical (unpaired) electrons. The molecule has 7 heteroatoms. The van der Waals surface area contributed by atoms with Crippen LogP contribution in [-0.4, -0.2) is 24.4 Å². The number of alkyl halides is 2. The van der Waals surface area contributed by atoms with Crippen LogP contribution in [0.3, 0.4) is 0 Å². The zero-order valence-corrected chi connectivity index (χ0v) is 15.2. The quantitative estimate of drug-likeness (QED) is 0.720. The van der Waals surface area contributed by atoms with Gasteiger partial charge in [0.25, 0.3) is 11.7 Å². The lowest BCUT2D eigenvalue weighted by Crippen LogP contribution is -2.13. The van der Waals surface area contributed by atoms with Crippen LogP contribution in [0.25, 0.3) is 0 Å². The molecule has 26 heavy (non-hydrogen) atoms. The molecule has 1 aliphatic rings. The topological polar surface area (TPSA) is 47.6 Å².